The van der Waals surface area contributed by atoms with Gasteiger partial charge in [0.15, 0.2) is 0 Å². The Morgan fingerprint density at radius 3 is 2.56 bits per heavy atom. The predicted octanol–water partition coefficient (Wildman–Crippen LogP) is 1.66. The monoisotopic (exact) mass is 340 g/mol. The van der Waals surface area contributed by atoms with Crippen molar-refractivity contribution in [1.29, 1.82) is 0 Å². The number of hydrogen-bond donors (Lipinski definition) is 1. The summed E-state index contributed by atoms with van der Waals surface area (Å²) in [4.78, 5) is 38.0. The maximum absolute atomic E-state index is 12.6. The Hall–Kier alpha value is -2.96. The van der Waals surface area contributed by atoms with E-state index in [2.05, 4.69) is 10.4 Å². The number of nitrogens with zero attached hydrogens (tertiary/aromatic N) is 3. The van der Waals surface area contributed by atoms with E-state index in [-0.39, 0.29) is 17.2 Å². The van der Waals surface area contributed by atoms with Crippen LogP contribution in [-0.2, 0) is 7.05 Å². The van der Waals surface area contributed by atoms with Gasteiger partial charge < -0.3 is 10.2 Å². The van der Waals surface area contributed by atoms with Gasteiger partial charge in [-0.1, -0.05) is 6.07 Å². The summed E-state index contributed by atoms with van der Waals surface area (Å²) in [6, 6.07) is 9.53. The van der Waals surface area contributed by atoms with Crippen LogP contribution in [0.1, 0.15) is 40.1 Å². The number of aryl methyl sites for hydroxylation is 1. The van der Waals surface area contributed by atoms with Gasteiger partial charge in [0.1, 0.15) is 5.69 Å². The summed E-state index contributed by atoms with van der Waals surface area (Å²) in [6.45, 7) is 1.55. The number of hydrogen-bond acceptors (Lipinski definition) is 4. The first-order chi connectivity index (χ1) is 12.0. The first-order valence-electron chi connectivity index (χ1n) is 8.29. The molecule has 1 fully saturated rings. The standard InChI is InChI=1S/C18H20N4O3/c1-21-16(23)9-8-15(20-21)17(24)19-14-7-5-6-13(12-14)18(25)22-10-3-2-4-11-22/h5-9,12H,2-4,10-11H2,1H3,(H,19,24). The number of carbonyl (C=O) groups is 2. The van der Waals surface area contributed by atoms with Crippen LogP contribution in [0.25, 0.3) is 0 Å². The fourth-order valence-electron chi connectivity index (χ4n) is 2.83. The van der Waals surface area contributed by atoms with Gasteiger partial charge in [-0.25, -0.2) is 4.68 Å². The van der Waals surface area contributed by atoms with Gasteiger partial charge >= 0.3 is 0 Å². The molecule has 0 unspecified atom stereocenters. The second kappa shape index (κ2) is 7.29. The zero-order chi connectivity index (χ0) is 17.8. The van der Waals surface area contributed by atoms with Gasteiger partial charge in [0.25, 0.3) is 17.4 Å². The topological polar surface area (TPSA) is 84.3 Å². The lowest BCUT2D eigenvalue weighted by atomic mass is 10.1. The zero-order valence-corrected chi connectivity index (χ0v) is 14.1. The van der Waals surface area contributed by atoms with Crippen LogP contribution in [0.3, 0.4) is 0 Å². The Morgan fingerprint density at radius 1 is 1.08 bits per heavy atom. The van der Waals surface area contributed by atoms with Gasteiger partial charge in [-0.2, -0.15) is 5.10 Å². The lowest BCUT2D eigenvalue weighted by Gasteiger charge is -2.26. The molecule has 2 amide bonds. The Kier molecular flexibility index (Phi) is 4.92. The van der Waals surface area contributed by atoms with E-state index in [9.17, 15) is 14.4 Å². The molecule has 1 aromatic carbocycles. The summed E-state index contributed by atoms with van der Waals surface area (Å²) in [5.41, 5.74) is 0.914. The van der Waals surface area contributed by atoms with Gasteiger partial charge in [0.05, 0.1) is 0 Å². The van der Waals surface area contributed by atoms with Crippen molar-refractivity contribution < 1.29 is 9.59 Å². The zero-order valence-electron chi connectivity index (χ0n) is 14.1. The molecule has 7 heteroatoms. The molecule has 0 atom stereocenters. The highest BCUT2D eigenvalue weighted by Crippen LogP contribution is 2.16. The van der Waals surface area contributed by atoms with Crippen LogP contribution in [0, 0.1) is 0 Å². The molecule has 2 aromatic rings. The van der Waals surface area contributed by atoms with Crippen molar-refractivity contribution in [1.82, 2.24) is 14.7 Å². The van der Waals surface area contributed by atoms with Crippen LogP contribution in [0.5, 0.6) is 0 Å². The van der Waals surface area contributed by atoms with E-state index in [1.807, 2.05) is 4.90 Å². The molecule has 1 aliphatic heterocycles. The lowest BCUT2D eigenvalue weighted by Crippen LogP contribution is -2.35. The van der Waals surface area contributed by atoms with Gasteiger partial charge in [0, 0.05) is 37.5 Å². The average molecular weight is 340 g/mol. The molecule has 1 aliphatic rings. The summed E-state index contributed by atoms with van der Waals surface area (Å²) in [6.07, 6.45) is 3.22. The van der Waals surface area contributed by atoms with Crippen LogP contribution in [0.4, 0.5) is 5.69 Å². The normalized spacial score (nSPS) is 14.2. The Bertz CT molecular complexity index is 853. The number of piperidine rings is 1. The van der Waals surface area contributed by atoms with E-state index < -0.39 is 5.91 Å². The van der Waals surface area contributed by atoms with Crippen LogP contribution >= 0.6 is 0 Å². The van der Waals surface area contributed by atoms with Crippen molar-refractivity contribution in [3.05, 3.63) is 58.0 Å². The molecule has 2 heterocycles. The molecule has 1 saturated heterocycles. The fourth-order valence-corrected chi connectivity index (χ4v) is 2.83. The summed E-state index contributed by atoms with van der Waals surface area (Å²) in [5, 5.41) is 6.63. The number of anilines is 1. The van der Waals surface area contributed by atoms with Gasteiger partial charge in [-0.05, 0) is 43.5 Å². The van der Waals surface area contributed by atoms with Gasteiger partial charge in [-0.15, -0.1) is 0 Å². The Balaban J connectivity index is 1.74. The van der Waals surface area contributed by atoms with Gasteiger partial charge in [-0.3, -0.25) is 14.4 Å². The number of aromatic nitrogens is 2. The highest BCUT2D eigenvalue weighted by atomic mass is 16.2. The van der Waals surface area contributed by atoms with E-state index in [0.29, 0.717) is 11.3 Å². The summed E-state index contributed by atoms with van der Waals surface area (Å²) in [7, 11) is 1.48. The highest BCUT2D eigenvalue weighted by molar-refractivity contribution is 6.03. The van der Waals surface area contributed by atoms with Crippen LogP contribution in [0.2, 0.25) is 0 Å². The molecule has 0 spiro atoms. The average Bonchev–Trinajstić information content (AvgIpc) is 2.64. The molecule has 0 bridgehead atoms. The first-order valence-corrected chi connectivity index (χ1v) is 8.29. The van der Waals surface area contributed by atoms with Crippen LogP contribution < -0.4 is 10.9 Å². The van der Waals surface area contributed by atoms with E-state index in [1.165, 1.54) is 19.2 Å². The van der Waals surface area contributed by atoms with Crippen molar-refractivity contribution in [2.75, 3.05) is 18.4 Å². The van der Waals surface area contributed by atoms with Gasteiger partial charge in [0.2, 0.25) is 0 Å². The second-order valence-corrected chi connectivity index (χ2v) is 6.07. The molecule has 1 aromatic heterocycles. The van der Waals surface area contributed by atoms with Crippen molar-refractivity contribution in [2.45, 2.75) is 19.3 Å². The maximum atomic E-state index is 12.6. The Labute approximate surface area is 145 Å². The maximum Gasteiger partial charge on any atom is 0.276 e. The van der Waals surface area contributed by atoms with E-state index in [4.69, 9.17) is 0 Å². The first kappa shape index (κ1) is 16.9. The van der Waals surface area contributed by atoms with Crippen molar-refractivity contribution in [3.63, 3.8) is 0 Å². The number of nitrogens with one attached hydrogen (secondary N) is 1. The summed E-state index contributed by atoms with van der Waals surface area (Å²) in [5.74, 6) is -0.450. The third kappa shape index (κ3) is 3.93. The minimum absolute atomic E-state index is 0.0176. The number of rotatable bonds is 3. The molecular weight excluding hydrogens is 320 g/mol. The minimum atomic E-state index is -0.432. The van der Waals surface area contributed by atoms with Crippen LogP contribution in [-0.4, -0.2) is 39.6 Å². The number of benzene rings is 1. The predicted molar refractivity (Wildman–Crippen MR) is 93.6 cm³/mol. The third-order valence-electron chi connectivity index (χ3n) is 4.20. The molecule has 0 saturated carbocycles. The van der Waals surface area contributed by atoms with E-state index in [0.717, 1.165) is 37.0 Å². The van der Waals surface area contributed by atoms with E-state index in [1.54, 1.807) is 24.3 Å². The quantitative estimate of drug-likeness (QED) is 0.921. The largest absolute Gasteiger partial charge is 0.339 e. The molecule has 3 rings (SSSR count). The lowest BCUT2D eigenvalue weighted by molar-refractivity contribution is 0.0724. The smallest absolute Gasteiger partial charge is 0.276 e. The Morgan fingerprint density at radius 2 is 1.84 bits per heavy atom. The molecule has 1 N–H and O–H groups in total. The molecule has 0 aliphatic carbocycles. The highest BCUT2D eigenvalue weighted by Gasteiger charge is 2.18. The molecule has 130 valence electrons. The SMILES string of the molecule is Cn1nc(C(=O)Nc2cccc(C(=O)N3CCCCC3)c2)ccc1=O. The number of likely N-dealkylation sites (tertiary alicyclic amines) is 1. The van der Waals surface area contributed by atoms with Crippen LogP contribution in [0.15, 0.2) is 41.2 Å². The third-order valence-corrected chi connectivity index (χ3v) is 4.20. The minimum Gasteiger partial charge on any atom is -0.339 e. The summed E-state index contributed by atoms with van der Waals surface area (Å²) >= 11 is 0. The number of amides is 2. The second-order valence-electron chi connectivity index (χ2n) is 6.07. The van der Waals surface area contributed by atoms with Crippen molar-refractivity contribution >= 4 is 17.5 Å². The van der Waals surface area contributed by atoms with Crippen molar-refractivity contribution in [2.24, 2.45) is 7.05 Å². The molecule has 7 nitrogen and oxygen atoms in total. The van der Waals surface area contributed by atoms with Crippen molar-refractivity contribution in [3.8, 4) is 0 Å². The number of carbonyl (C=O) groups excluding carboxylic acids is 2. The molecular formula is C18H20N4O3. The fraction of sp³-hybridized carbons (Fsp3) is 0.333. The molecule has 25 heavy (non-hydrogen) atoms. The molecule has 0 radical (unpaired) electrons. The summed E-state index contributed by atoms with van der Waals surface area (Å²) < 4.78 is 1.10. The van der Waals surface area contributed by atoms with E-state index >= 15 is 0 Å².